The van der Waals surface area contributed by atoms with Gasteiger partial charge >= 0.3 is 5.97 Å². The number of para-hydroxylation sites is 1. The van der Waals surface area contributed by atoms with Gasteiger partial charge in [0.15, 0.2) is 6.61 Å². The number of carbonyl (C=O) groups is 2. The van der Waals surface area contributed by atoms with Gasteiger partial charge in [0.05, 0.1) is 11.3 Å². The van der Waals surface area contributed by atoms with Crippen molar-refractivity contribution in [1.29, 1.82) is 0 Å². The number of amides is 1. The van der Waals surface area contributed by atoms with Gasteiger partial charge < -0.3 is 10.1 Å². The van der Waals surface area contributed by atoms with Crippen LogP contribution in [0.15, 0.2) is 66.7 Å². The largest absolute Gasteiger partial charge is 0.455 e. The van der Waals surface area contributed by atoms with E-state index in [0.717, 1.165) is 10.8 Å². The molecule has 0 aliphatic rings. The highest BCUT2D eigenvalue weighted by atomic mass is 16.6. The molecule has 0 radical (unpaired) electrons. The number of fused-ring (bicyclic) bond motifs is 1. The number of benzene rings is 3. The summed E-state index contributed by atoms with van der Waals surface area (Å²) in [5.74, 6) is -1.19. The summed E-state index contributed by atoms with van der Waals surface area (Å²) in [6, 6.07) is 19.0. The standard InChI is InChI=1S/C20H16N2O5/c23-19(21-17-10-5-8-14-6-1-3-9-16(14)17)13-27-20(24)12-15-7-2-4-11-18(15)22(25)26/h1-11H,12-13H2,(H,21,23). The number of hydrogen-bond donors (Lipinski definition) is 1. The Labute approximate surface area is 154 Å². The first-order valence-corrected chi connectivity index (χ1v) is 8.20. The molecule has 1 amide bonds. The average Bonchev–Trinajstić information content (AvgIpc) is 2.67. The van der Waals surface area contributed by atoms with E-state index in [9.17, 15) is 19.7 Å². The van der Waals surface area contributed by atoms with Crippen LogP contribution in [0, 0.1) is 10.1 Å². The van der Waals surface area contributed by atoms with Crippen LogP contribution in [0.25, 0.3) is 10.8 Å². The van der Waals surface area contributed by atoms with Crippen LogP contribution in [0.4, 0.5) is 11.4 Å². The van der Waals surface area contributed by atoms with Crippen LogP contribution in [-0.2, 0) is 20.7 Å². The van der Waals surface area contributed by atoms with Crippen LogP contribution in [0.5, 0.6) is 0 Å². The molecule has 3 aromatic carbocycles. The third kappa shape index (κ3) is 4.46. The van der Waals surface area contributed by atoms with Crippen LogP contribution < -0.4 is 5.32 Å². The molecule has 0 atom stereocenters. The van der Waals surface area contributed by atoms with Gasteiger partial charge in [0.25, 0.3) is 11.6 Å². The maximum atomic E-state index is 12.1. The van der Waals surface area contributed by atoms with E-state index in [1.807, 2.05) is 36.4 Å². The number of esters is 1. The Kier molecular flexibility index (Phi) is 5.41. The van der Waals surface area contributed by atoms with Crippen molar-refractivity contribution in [2.75, 3.05) is 11.9 Å². The third-order valence-electron chi connectivity index (χ3n) is 3.95. The quantitative estimate of drug-likeness (QED) is 0.410. The number of nitro benzene ring substituents is 1. The Morgan fingerprint density at radius 2 is 1.67 bits per heavy atom. The lowest BCUT2D eigenvalue weighted by Crippen LogP contribution is -2.21. The first kappa shape index (κ1) is 18.1. The molecule has 7 heteroatoms. The molecule has 3 rings (SSSR count). The minimum absolute atomic E-state index is 0.158. The van der Waals surface area contributed by atoms with Crippen LogP contribution >= 0.6 is 0 Å². The van der Waals surface area contributed by atoms with Crippen molar-refractivity contribution >= 4 is 34.0 Å². The van der Waals surface area contributed by atoms with E-state index >= 15 is 0 Å². The maximum absolute atomic E-state index is 12.1. The molecule has 3 aromatic rings. The number of nitro groups is 1. The summed E-state index contributed by atoms with van der Waals surface area (Å²) in [5, 5.41) is 15.5. The molecule has 0 heterocycles. The lowest BCUT2D eigenvalue weighted by molar-refractivity contribution is -0.385. The Hall–Kier alpha value is -3.74. The molecule has 0 aromatic heterocycles. The molecule has 0 unspecified atom stereocenters. The molecular formula is C20H16N2O5. The van der Waals surface area contributed by atoms with Gasteiger partial charge in [-0.25, -0.2) is 0 Å². The minimum Gasteiger partial charge on any atom is -0.455 e. The molecule has 27 heavy (non-hydrogen) atoms. The van der Waals surface area contributed by atoms with Crippen molar-refractivity contribution in [3.63, 3.8) is 0 Å². The fourth-order valence-corrected chi connectivity index (χ4v) is 2.71. The van der Waals surface area contributed by atoms with Crippen molar-refractivity contribution in [2.45, 2.75) is 6.42 Å². The first-order valence-electron chi connectivity index (χ1n) is 8.20. The SMILES string of the molecule is O=C(COC(=O)Cc1ccccc1[N+](=O)[O-])Nc1cccc2ccccc12. The molecule has 0 fully saturated rings. The van der Waals surface area contributed by atoms with Gasteiger partial charge in [-0.05, 0) is 11.5 Å². The van der Waals surface area contributed by atoms with E-state index in [4.69, 9.17) is 4.74 Å². The third-order valence-corrected chi connectivity index (χ3v) is 3.95. The van der Waals surface area contributed by atoms with Gasteiger partial charge in [-0.1, -0.05) is 54.6 Å². The number of ether oxygens (including phenoxy) is 1. The van der Waals surface area contributed by atoms with Gasteiger partial charge in [-0.3, -0.25) is 19.7 Å². The predicted molar refractivity (Wildman–Crippen MR) is 100 cm³/mol. The molecule has 0 aliphatic carbocycles. The summed E-state index contributed by atoms with van der Waals surface area (Å²) in [7, 11) is 0. The summed E-state index contributed by atoms with van der Waals surface area (Å²) < 4.78 is 4.95. The highest BCUT2D eigenvalue weighted by Gasteiger charge is 2.17. The molecular weight excluding hydrogens is 348 g/mol. The first-order chi connectivity index (χ1) is 13.0. The van der Waals surface area contributed by atoms with E-state index in [1.165, 1.54) is 18.2 Å². The second-order valence-corrected chi connectivity index (χ2v) is 5.80. The zero-order valence-electron chi connectivity index (χ0n) is 14.3. The Balaban J connectivity index is 1.59. The van der Waals surface area contributed by atoms with Crippen molar-refractivity contribution in [3.05, 3.63) is 82.4 Å². The number of nitrogens with zero attached hydrogens (tertiary/aromatic N) is 1. The highest BCUT2D eigenvalue weighted by Crippen LogP contribution is 2.23. The Morgan fingerprint density at radius 1 is 0.963 bits per heavy atom. The van der Waals surface area contributed by atoms with Crippen molar-refractivity contribution in [2.24, 2.45) is 0 Å². The summed E-state index contributed by atoms with van der Waals surface area (Å²) in [6.07, 6.45) is -0.279. The molecule has 0 spiro atoms. The van der Waals surface area contributed by atoms with E-state index in [2.05, 4.69) is 5.32 Å². The number of carbonyl (C=O) groups excluding carboxylic acids is 2. The topological polar surface area (TPSA) is 98.5 Å². The zero-order chi connectivity index (χ0) is 19.2. The van der Waals surface area contributed by atoms with E-state index in [1.54, 1.807) is 12.1 Å². The van der Waals surface area contributed by atoms with Gasteiger partial charge in [0, 0.05) is 22.7 Å². The highest BCUT2D eigenvalue weighted by molar-refractivity contribution is 6.02. The van der Waals surface area contributed by atoms with Crippen molar-refractivity contribution in [1.82, 2.24) is 0 Å². The molecule has 136 valence electrons. The summed E-state index contributed by atoms with van der Waals surface area (Å²) in [5.41, 5.74) is 0.699. The molecule has 7 nitrogen and oxygen atoms in total. The lowest BCUT2D eigenvalue weighted by atomic mass is 10.1. The van der Waals surface area contributed by atoms with Gasteiger partial charge in [0.2, 0.25) is 0 Å². The molecule has 0 saturated carbocycles. The van der Waals surface area contributed by atoms with Crippen LogP contribution in [0.1, 0.15) is 5.56 Å². The van der Waals surface area contributed by atoms with Gasteiger partial charge in [-0.15, -0.1) is 0 Å². The van der Waals surface area contributed by atoms with E-state index in [-0.39, 0.29) is 17.7 Å². The number of nitrogens with one attached hydrogen (secondary N) is 1. The lowest BCUT2D eigenvalue weighted by Gasteiger charge is -2.09. The van der Waals surface area contributed by atoms with Crippen LogP contribution in [0.3, 0.4) is 0 Å². The van der Waals surface area contributed by atoms with Crippen molar-refractivity contribution < 1.29 is 19.2 Å². The Bertz CT molecular complexity index is 1010. The summed E-state index contributed by atoms with van der Waals surface area (Å²) in [6.45, 7) is -0.470. The number of rotatable bonds is 6. The normalized spacial score (nSPS) is 10.4. The number of hydrogen-bond acceptors (Lipinski definition) is 5. The summed E-state index contributed by atoms with van der Waals surface area (Å²) >= 11 is 0. The van der Waals surface area contributed by atoms with E-state index in [0.29, 0.717) is 5.69 Å². The van der Waals surface area contributed by atoms with Crippen LogP contribution in [0.2, 0.25) is 0 Å². The fourth-order valence-electron chi connectivity index (χ4n) is 2.71. The molecule has 0 aliphatic heterocycles. The fraction of sp³-hybridized carbons (Fsp3) is 0.100. The second-order valence-electron chi connectivity index (χ2n) is 5.80. The Morgan fingerprint density at radius 3 is 2.48 bits per heavy atom. The minimum atomic E-state index is -0.711. The van der Waals surface area contributed by atoms with Gasteiger partial charge in [0.1, 0.15) is 0 Å². The maximum Gasteiger partial charge on any atom is 0.311 e. The second kappa shape index (κ2) is 8.09. The smallest absolute Gasteiger partial charge is 0.311 e. The van der Waals surface area contributed by atoms with Crippen molar-refractivity contribution in [3.8, 4) is 0 Å². The van der Waals surface area contributed by atoms with Crippen LogP contribution in [-0.4, -0.2) is 23.4 Å². The molecule has 1 N–H and O–H groups in total. The number of anilines is 1. The monoisotopic (exact) mass is 364 g/mol. The van der Waals surface area contributed by atoms with E-state index < -0.39 is 23.4 Å². The molecule has 0 bridgehead atoms. The molecule has 0 saturated heterocycles. The summed E-state index contributed by atoms with van der Waals surface area (Å²) in [4.78, 5) is 34.4. The predicted octanol–water partition coefficient (Wildman–Crippen LogP) is 3.47. The zero-order valence-corrected chi connectivity index (χ0v) is 14.3. The van der Waals surface area contributed by atoms with Gasteiger partial charge in [-0.2, -0.15) is 0 Å². The average molecular weight is 364 g/mol.